The molecule has 0 fully saturated rings. The van der Waals surface area contributed by atoms with Crippen LogP contribution in [0.5, 0.6) is 0 Å². The zero-order valence-corrected chi connectivity index (χ0v) is 13.0. The monoisotopic (exact) mass is 316 g/mol. The zero-order valence-electron chi connectivity index (χ0n) is 13.0. The molecule has 9 nitrogen and oxygen atoms in total. The van der Waals surface area contributed by atoms with E-state index in [0.29, 0.717) is 6.42 Å². The van der Waals surface area contributed by atoms with Gasteiger partial charge in [-0.15, -0.1) is 0 Å². The van der Waals surface area contributed by atoms with E-state index >= 15 is 0 Å². The van der Waals surface area contributed by atoms with E-state index in [9.17, 15) is 19.2 Å². The zero-order chi connectivity index (χ0) is 17.4. The summed E-state index contributed by atoms with van der Waals surface area (Å²) in [5, 5.41) is 13.8. The maximum absolute atomic E-state index is 11.9. The van der Waals surface area contributed by atoms with Crippen LogP contribution in [0.25, 0.3) is 0 Å². The Labute approximate surface area is 128 Å². The Morgan fingerprint density at radius 2 is 1.64 bits per heavy atom. The van der Waals surface area contributed by atoms with Crippen LogP contribution < -0.4 is 22.1 Å². The number of amides is 3. The molecule has 7 N–H and O–H groups in total. The van der Waals surface area contributed by atoms with Crippen molar-refractivity contribution in [3.8, 4) is 0 Å². The second kappa shape index (κ2) is 8.98. The lowest BCUT2D eigenvalue weighted by molar-refractivity contribution is -0.143. The van der Waals surface area contributed by atoms with Gasteiger partial charge < -0.3 is 27.2 Å². The summed E-state index contributed by atoms with van der Waals surface area (Å²) in [4.78, 5) is 45.4. The number of rotatable bonds is 9. The summed E-state index contributed by atoms with van der Waals surface area (Å²) in [5.74, 6) is -3.50. The molecular formula is C13H24N4O5. The van der Waals surface area contributed by atoms with E-state index in [2.05, 4.69) is 10.6 Å². The molecule has 0 radical (unpaired) electrons. The first-order chi connectivity index (χ1) is 10.1. The number of carbonyl (C=O) groups is 4. The van der Waals surface area contributed by atoms with Gasteiger partial charge in [-0.25, -0.2) is 4.79 Å². The van der Waals surface area contributed by atoms with E-state index in [1.54, 1.807) is 13.8 Å². The first-order valence-corrected chi connectivity index (χ1v) is 6.97. The molecule has 0 bridgehead atoms. The number of carboxylic acid groups (broad SMARTS) is 1. The van der Waals surface area contributed by atoms with Crippen LogP contribution in [0.15, 0.2) is 0 Å². The van der Waals surface area contributed by atoms with Gasteiger partial charge in [-0.3, -0.25) is 14.4 Å². The molecule has 0 aliphatic heterocycles. The van der Waals surface area contributed by atoms with Crippen molar-refractivity contribution in [1.29, 1.82) is 0 Å². The van der Waals surface area contributed by atoms with Crippen LogP contribution >= 0.6 is 0 Å². The van der Waals surface area contributed by atoms with Gasteiger partial charge >= 0.3 is 5.97 Å². The van der Waals surface area contributed by atoms with Crippen molar-refractivity contribution in [3.05, 3.63) is 0 Å². The van der Waals surface area contributed by atoms with Gasteiger partial charge in [0.05, 0.1) is 12.5 Å². The minimum absolute atomic E-state index is 0.263. The number of nitrogens with one attached hydrogen (secondary N) is 2. The van der Waals surface area contributed by atoms with E-state index in [-0.39, 0.29) is 12.3 Å². The normalized spacial score (nSPS) is 16.0. The van der Waals surface area contributed by atoms with Crippen LogP contribution in [0.1, 0.15) is 33.6 Å². The quantitative estimate of drug-likeness (QED) is 0.340. The Morgan fingerprint density at radius 1 is 1.09 bits per heavy atom. The van der Waals surface area contributed by atoms with E-state index in [1.807, 2.05) is 0 Å². The number of hydrogen-bond donors (Lipinski definition) is 5. The maximum Gasteiger partial charge on any atom is 0.326 e. The second-order valence-corrected chi connectivity index (χ2v) is 5.22. The van der Waals surface area contributed by atoms with Crippen molar-refractivity contribution in [2.45, 2.75) is 51.7 Å². The third kappa shape index (κ3) is 6.53. The molecular weight excluding hydrogens is 292 g/mol. The summed E-state index contributed by atoms with van der Waals surface area (Å²) < 4.78 is 0. The number of aliphatic carboxylic acids is 1. The molecule has 0 saturated heterocycles. The first-order valence-electron chi connectivity index (χ1n) is 6.97. The standard InChI is InChI=1S/C13H24N4O5/c1-4-6(2)10(13(21)22)17-11(19)7(3)16-12(20)8(14)5-9(15)18/h6-8,10H,4-5,14H2,1-3H3,(H2,15,18)(H,16,20)(H,17,19)(H,21,22). The van der Waals surface area contributed by atoms with Crippen LogP contribution in [0.3, 0.4) is 0 Å². The van der Waals surface area contributed by atoms with Gasteiger partial charge in [0.1, 0.15) is 12.1 Å². The van der Waals surface area contributed by atoms with Gasteiger partial charge in [0, 0.05) is 0 Å². The molecule has 0 aromatic carbocycles. The van der Waals surface area contributed by atoms with E-state index in [1.165, 1.54) is 6.92 Å². The predicted molar refractivity (Wildman–Crippen MR) is 78.4 cm³/mol. The molecule has 3 amide bonds. The van der Waals surface area contributed by atoms with Crippen LogP contribution in [-0.4, -0.2) is 46.9 Å². The van der Waals surface area contributed by atoms with Gasteiger partial charge in [0.15, 0.2) is 0 Å². The smallest absolute Gasteiger partial charge is 0.326 e. The van der Waals surface area contributed by atoms with Gasteiger partial charge in [-0.1, -0.05) is 20.3 Å². The Hall–Kier alpha value is -2.16. The summed E-state index contributed by atoms with van der Waals surface area (Å²) in [6.07, 6.45) is 0.228. The average molecular weight is 316 g/mol. The molecule has 0 rings (SSSR count). The van der Waals surface area contributed by atoms with Crippen molar-refractivity contribution in [2.24, 2.45) is 17.4 Å². The lowest BCUT2D eigenvalue weighted by Gasteiger charge is -2.23. The van der Waals surface area contributed by atoms with Gasteiger partial charge in [0.25, 0.3) is 0 Å². The van der Waals surface area contributed by atoms with Gasteiger partial charge in [0.2, 0.25) is 17.7 Å². The molecule has 0 aliphatic rings. The van der Waals surface area contributed by atoms with Gasteiger partial charge in [-0.2, -0.15) is 0 Å². The lowest BCUT2D eigenvalue weighted by Crippen LogP contribution is -2.54. The van der Waals surface area contributed by atoms with E-state index < -0.39 is 41.8 Å². The fraction of sp³-hybridized carbons (Fsp3) is 0.692. The number of nitrogens with two attached hydrogens (primary N) is 2. The van der Waals surface area contributed by atoms with E-state index in [4.69, 9.17) is 16.6 Å². The van der Waals surface area contributed by atoms with Crippen LogP contribution in [-0.2, 0) is 19.2 Å². The fourth-order valence-corrected chi connectivity index (χ4v) is 1.66. The lowest BCUT2D eigenvalue weighted by atomic mass is 9.99. The SMILES string of the molecule is CCC(C)C(NC(=O)C(C)NC(=O)C(N)CC(N)=O)C(=O)O. The van der Waals surface area contributed by atoms with Crippen molar-refractivity contribution >= 4 is 23.7 Å². The highest BCUT2D eigenvalue weighted by molar-refractivity contribution is 5.93. The van der Waals surface area contributed by atoms with Crippen LogP contribution in [0.4, 0.5) is 0 Å². The Kier molecular flexibility index (Phi) is 8.10. The summed E-state index contributed by atoms with van der Waals surface area (Å²) in [6.45, 7) is 4.89. The molecule has 4 atom stereocenters. The van der Waals surface area contributed by atoms with Crippen molar-refractivity contribution < 1.29 is 24.3 Å². The number of carbonyl (C=O) groups excluding carboxylic acids is 3. The van der Waals surface area contributed by atoms with Crippen LogP contribution in [0, 0.1) is 5.92 Å². The molecule has 0 saturated carbocycles. The summed E-state index contributed by atoms with van der Waals surface area (Å²) in [6, 6.07) is -3.19. The highest BCUT2D eigenvalue weighted by Crippen LogP contribution is 2.08. The number of hydrogen-bond acceptors (Lipinski definition) is 5. The Balaban J connectivity index is 4.62. The van der Waals surface area contributed by atoms with Gasteiger partial charge in [-0.05, 0) is 12.8 Å². The second-order valence-electron chi connectivity index (χ2n) is 5.22. The molecule has 9 heteroatoms. The number of primary amides is 1. The summed E-state index contributed by atoms with van der Waals surface area (Å²) >= 11 is 0. The molecule has 0 aliphatic carbocycles. The summed E-state index contributed by atoms with van der Waals surface area (Å²) in [7, 11) is 0. The highest BCUT2D eigenvalue weighted by atomic mass is 16.4. The van der Waals surface area contributed by atoms with E-state index in [0.717, 1.165) is 0 Å². The van der Waals surface area contributed by atoms with Crippen molar-refractivity contribution in [1.82, 2.24) is 10.6 Å². The predicted octanol–water partition coefficient (Wildman–Crippen LogP) is -1.69. The van der Waals surface area contributed by atoms with Crippen molar-refractivity contribution in [3.63, 3.8) is 0 Å². The molecule has 4 unspecified atom stereocenters. The molecule has 0 aromatic heterocycles. The molecule has 22 heavy (non-hydrogen) atoms. The minimum atomic E-state index is -1.16. The Bertz CT molecular complexity index is 440. The average Bonchev–Trinajstić information content (AvgIpc) is 2.42. The molecule has 0 aromatic rings. The third-order valence-electron chi connectivity index (χ3n) is 3.29. The molecule has 126 valence electrons. The fourth-order valence-electron chi connectivity index (χ4n) is 1.66. The summed E-state index contributed by atoms with van der Waals surface area (Å²) in [5.41, 5.74) is 10.4. The number of carboxylic acids is 1. The molecule has 0 spiro atoms. The Morgan fingerprint density at radius 3 is 2.05 bits per heavy atom. The minimum Gasteiger partial charge on any atom is -0.480 e. The largest absolute Gasteiger partial charge is 0.480 e. The van der Waals surface area contributed by atoms with Crippen LogP contribution in [0.2, 0.25) is 0 Å². The van der Waals surface area contributed by atoms with Crippen molar-refractivity contribution in [2.75, 3.05) is 0 Å². The third-order valence-corrected chi connectivity index (χ3v) is 3.29. The topological polar surface area (TPSA) is 165 Å². The molecule has 0 heterocycles. The highest BCUT2D eigenvalue weighted by Gasteiger charge is 2.28. The first kappa shape index (κ1) is 19.8. The maximum atomic E-state index is 11.9.